The van der Waals surface area contributed by atoms with E-state index in [1.54, 1.807) is 25.1 Å². The highest BCUT2D eigenvalue weighted by Gasteiger charge is 2.15. The number of nitrogens with zero attached hydrogens (tertiary/aromatic N) is 2. The summed E-state index contributed by atoms with van der Waals surface area (Å²) < 4.78 is 0. The van der Waals surface area contributed by atoms with Gasteiger partial charge >= 0.3 is 0 Å². The number of nitro benzene ring substituents is 1. The third-order valence-electron chi connectivity index (χ3n) is 3.35. The maximum absolute atomic E-state index is 11.0. The Morgan fingerprint density at radius 2 is 2.00 bits per heavy atom. The number of pyridine rings is 1. The second-order valence-electron chi connectivity index (χ2n) is 4.94. The summed E-state index contributed by atoms with van der Waals surface area (Å²) in [5.41, 5.74) is 3.28. The lowest BCUT2D eigenvalue weighted by Crippen LogP contribution is -2.09. The molecular formula is C15H16ClN3O2. The summed E-state index contributed by atoms with van der Waals surface area (Å²) in [7, 11) is 0. The zero-order valence-electron chi connectivity index (χ0n) is 12.1. The second kappa shape index (κ2) is 6.10. The average Bonchev–Trinajstić information content (AvgIpc) is 2.42. The van der Waals surface area contributed by atoms with Crippen LogP contribution in [0, 0.1) is 24.0 Å². The Hall–Kier alpha value is -2.14. The molecule has 1 aromatic heterocycles. The molecule has 5 nitrogen and oxygen atoms in total. The Labute approximate surface area is 128 Å². The number of aromatic nitrogens is 1. The number of nitro groups is 1. The molecule has 1 aromatic carbocycles. The summed E-state index contributed by atoms with van der Waals surface area (Å²) in [6.45, 7) is 5.54. The summed E-state index contributed by atoms with van der Waals surface area (Å²) in [6.07, 6.45) is 0. The van der Waals surface area contributed by atoms with Crippen LogP contribution >= 0.6 is 11.6 Å². The highest BCUT2D eigenvalue weighted by molar-refractivity contribution is 6.29. The first-order chi connectivity index (χ1) is 9.88. The van der Waals surface area contributed by atoms with Crippen LogP contribution < -0.4 is 5.32 Å². The monoisotopic (exact) mass is 305 g/mol. The van der Waals surface area contributed by atoms with Crippen molar-refractivity contribution in [2.75, 3.05) is 5.32 Å². The zero-order valence-corrected chi connectivity index (χ0v) is 12.8. The largest absolute Gasteiger partial charge is 0.377 e. The van der Waals surface area contributed by atoms with Gasteiger partial charge in [-0.25, -0.2) is 4.98 Å². The van der Waals surface area contributed by atoms with Gasteiger partial charge in [0, 0.05) is 17.7 Å². The predicted octanol–water partition coefficient (Wildman–Crippen LogP) is 4.43. The Kier molecular flexibility index (Phi) is 4.43. The van der Waals surface area contributed by atoms with Crippen LogP contribution in [0.25, 0.3) is 0 Å². The lowest BCUT2D eigenvalue weighted by Gasteiger charge is -2.17. The van der Waals surface area contributed by atoms with Crippen molar-refractivity contribution in [1.29, 1.82) is 0 Å². The molecule has 0 aliphatic heterocycles. The van der Waals surface area contributed by atoms with Crippen molar-refractivity contribution in [3.05, 3.63) is 62.4 Å². The fourth-order valence-corrected chi connectivity index (χ4v) is 2.28. The number of aryl methyl sites for hydroxylation is 2. The van der Waals surface area contributed by atoms with E-state index in [1.807, 2.05) is 26.0 Å². The average molecular weight is 306 g/mol. The highest BCUT2D eigenvalue weighted by Crippen LogP contribution is 2.26. The van der Waals surface area contributed by atoms with E-state index in [2.05, 4.69) is 10.3 Å². The lowest BCUT2D eigenvalue weighted by atomic mass is 10.0. The number of anilines is 1. The summed E-state index contributed by atoms with van der Waals surface area (Å²) in [5, 5.41) is 14.7. The van der Waals surface area contributed by atoms with Crippen LogP contribution in [0.3, 0.4) is 0 Å². The summed E-state index contributed by atoms with van der Waals surface area (Å²) in [6, 6.07) is 8.74. The van der Waals surface area contributed by atoms with E-state index in [0.29, 0.717) is 10.7 Å². The molecule has 1 heterocycles. The van der Waals surface area contributed by atoms with E-state index < -0.39 is 0 Å². The molecular weight excluding hydrogens is 290 g/mol. The molecule has 21 heavy (non-hydrogen) atoms. The fourth-order valence-electron chi connectivity index (χ4n) is 2.09. The molecule has 1 N–H and O–H groups in total. The molecule has 110 valence electrons. The molecule has 0 aliphatic carbocycles. The maximum atomic E-state index is 11.0. The number of benzene rings is 1. The normalized spacial score (nSPS) is 12.0. The number of nitrogens with one attached hydrogen (secondary N) is 1. The van der Waals surface area contributed by atoms with Crippen LogP contribution in [0.5, 0.6) is 0 Å². The number of rotatable bonds is 4. The van der Waals surface area contributed by atoms with Gasteiger partial charge < -0.3 is 5.32 Å². The zero-order chi connectivity index (χ0) is 15.6. The molecule has 0 fully saturated rings. The fraction of sp³-hybridized carbons (Fsp3) is 0.267. The summed E-state index contributed by atoms with van der Waals surface area (Å²) >= 11 is 5.83. The van der Waals surface area contributed by atoms with Gasteiger partial charge in [-0.05, 0) is 38.5 Å². The molecule has 0 spiro atoms. The molecule has 2 aromatic rings. The van der Waals surface area contributed by atoms with E-state index in [1.165, 1.54) is 0 Å². The first-order valence-corrected chi connectivity index (χ1v) is 6.91. The van der Waals surface area contributed by atoms with Gasteiger partial charge in [0.15, 0.2) is 0 Å². The molecule has 0 amide bonds. The molecule has 6 heteroatoms. The van der Waals surface area contributed by atoms with Crippen molar-refractivity contribution in [2.24, 2.45) is 0 Å². The van der Waals surface area contributed by atoms with Gasteiger partial charge in [0.1, 0.15) is 5.15 Å². The van der Waals surface area contributed by atoms with Crippen LogP contribution in [0.2, 0.25) is 5.15 Å². The van der Waals surface area contributed by atoms with Gasteiger partial charge in [-0.3, -0.25) is 10.1 Å². The van der Waals surface area contributed by atoms with Gasteiger partial charge in [-0.1, -0.05) is 23.7 Å². The SMILES string of the molecule is Cc1ccc(C(C)Nc2ccc(Cl)nc2C)cc1[N+](=O)[O-]. The minimum atomic E-state index is -0.360. The van der Waals surface area contributed by atoms with Crippen LogP contribution in [-0.4, -0.2) is 9.91 Å². The Balaban J connectivity index is 2.26. The lowest BCUT2D eigenvalue weighted by molar-refractivity contribution is -0.385. The second-order valence-corrected chi connectivity index (χ2v) is 5.32. The van der Waals surface area contributed by atoms with Crippen molar-refractivity contribution in [2.45, 2.75) is 26.8 Å². The quantitative estimate of drug-likeness (QED) is 0.515. The molecule has 0 saturated carbocycles. The van der Waals surface area contributed by atoms with E-state index in [9.17, 15) is 10.1 Å². The molecule has 1 atom stereocenters. The van der Waals surface area contributed by atoms with Gasteiger partial charge in [-0.15, -0.1) is 0 Å². The van der Waals surface area contributed by atoms with Gasteiger partial charge in [-0.2, -0.15) is 0 Å². The molecule has 0 aliphatic rings. The van der Waals surface area contributed by atoms with Gasteiger partial charge in [0.05, 0.1) is 16.3 Å². The van der Waals surface area contributed by atoms with Crippen LogP contribution in [0.1, 0.15) is 29.8 Å². The summed E-state index contributed by atoms with van der Waals surface area (Å²) in [5.74, 6) is 0. The first-order valence-electron chi connectivity index (χ1n) is 6.53. The van der Waals surface area contributed by atoms with Crippen LogP contribution in [-0.2, 0) is 0 Å². The minimum absolute atomic E-state index is 0.0778. The standard InChI is InChI=1S/C15H16ClN3O2/c1-9-4-5-12(8-14(9)19(20)21)10(2)17-13-6-7-15(16)18-11(13)3/h4-8,10,17H,1-3H3. The summed E-state index contributed by atoms with van der Waals surface area (Å²) in [4.78, 5) is 14.8. The number of halogens is 1. The van der Waals surface area contributed by atoms with Crippen molar-refractivity contribution >= 4 is 23.0 Å². The van der Waals surface area contributed by atoms with Crippen LogP contribution in [0.15, 0.2) is 30.3 Å². The van der Waals surface area contributed by atoms with Gasteiger partial charge in [0.2, 0.25) is 0 Å². The minimum Gasteiger partial charge on any atom is -0.377 e. The Morgan fingerprint density at radius 1 is 1.29 bits per heavy atom. The Morgan fingerprint density at radius 3 is 2.62 bits per heavy atom. The first kappa shape index (κ1) is 15.3. The van der Waals surface area contributed by atoms with E-state index in [-0.39, 0.29) is 16.7 Å². The van der Waals surface area contributed by atoms with E-state index in [4.69, 9.17) is 11.6 Å². The van der Waals surface area contributed by atoms with Crippen molar-refractivity contribution < 1.29 is 4.92 Å². The third kappa shape index (κ3) is 3.49. The topological polar surface area (TPSA) is 68.1 Å². The molecule has 0 bridgehead atoms. The smallest absolute Gasteiger partial charge is 0.272 e. The number of hydrogen-bond acceptors (Lipinski definition) is 4. The van der Waals surface area contributed by atoms with E-state index >= 15 is 0 Å². The third-order valence-corrected chi connectivity index (χ3v) is 3.56. The predicted molar refractivity (Wildman–Crippen MR) is 83.9 cm³/mol. The number of hydrogen-bond donors (Lipinski definition) is 1. The molecule has 2 rings (SSSR count). The van der Waals surface area contributed by atoms with Crippen molar-refractivity contribution in [1.82, 2.24) is 4.98 Å². The molecule has 0 saturated heterocycles. The van der Waals surface area contributed by atoms with Crippen molar-refractivity contribution in [3.8, 4) is 0 Å². The molecule has 0 radical (unpaired) electrons. The van der Waals surface area contributed by atoms with Gasteiger partial charge in [0.25, 0.3) is 5.69 Å². The van der Waals surface area contributed by atoms with E-state index in [0.717, 1.165) is 16.9 Å². The highest BCUT2D eigenvalue weighted by atomic mass is 35.5. The van der Waals surface area contributed by atoms with Crippen molar-refractivity contribution in [3.63, 3.8) is 0 Å². The molecule has 1 unspecified atom stereocenters. The Bertz CT molecular complexity index is 689. The van der Waals surface area contributed by atoms with Crippen LogP contribution in [0.4, 0.5) is 11.4 Å². The maximum Gasteiger partial charge on any atom is 0.272 e.